The second kappa shape index (κ2) is 8.79. The molecule has 4 nitrogen and oxygen atoms in total. The summed E-state index contributed by atoms with van der Waals surface area (Å²) in [5.74, 6) is -0.528. The van der Waals surface area contributed by atoms with Gasteiger partial charge in [-0.3, -0.25) is 14.5 Å². The van der Waals surface area contributed by atoms with E-state index in [4.69, 9.17) is 12.2 Å². The molecule has 0 bridgehead atoms. The van der Waals surface area contributed by atoms with Crippen molar-refractivity contribution in [2.45, 2.75) is 6.92 Å². The number of nitrogens with one attached hydrogen (secondary N) is 1. The topological polar surface area (TPSA) is 49.4 Å². The van der Waals surface area contributed by atoms with Gasteiger partial charge in [0.15, 0.2) is 0 Å². The summed E-state index contributed by atoms with van der Waals surface area (Å²) in [5, 5.41) is 2.80. The van der Waals surface area contributed by atoms with Gasteiger partial charge in [0, 0.05) is 5.69 Å². The van der Waals surface area contributed by atoms with Crippen molar-refractivity contribution in [3.63, 3.8) is 0 Å². The molecule has 1 saturated heterocycles. The van der Waals surface area contributed by atoms with Crippen molar-refractivity contribution in [1.82, 2.24) is 4.90 Å². The fourth-order valence-corrected chi connectivity index (χ4v) is 3.73. The van der Waals surface area contributed by atoms with Crippen molar-refractivity contribution < 1.29 is 9.59 Å². The smallest absolute Gasteiger partial charge is 0.266 e. The molecule has 3 rings (SSSR count). The molecule has 2 aromatic carbocycles. The Morgan fingerprint density at radius 1 is 1.19 bits per heavy atom. The summed E-state index contributed by atoms with van der Waals surface area (Å²) < 4.78 is 0.388. The van der Waals surface area contributed by atoms with E-state index in [0.717, 1.165) is 11.1 Å². The van der Waals surface area contributed by atoms with Crippen LogP contribution in [-0.4, -0.2) is 27.6 Å². The number of anilines is 1. The summed E-state index contributed by atoms with van der Waals surface area (Å²) in [5.41, 5.74) is 2.79. The Balaban J connectivity index is 1.62. The first-order valence-corrected chi connectivity index (χ1v) is 9.59. The van der Waals surface area contributed by atoms with Gasteiger partial charge >= 0.3 is 0 Å². The summed E-state index contributed by atoms with van der Waals surface area (Å²) in [6, 6.07) is 17.3. The van der Waals surface area contributed by atoms with E-state index in [-0.39, 0.29) is 18.4 Å². The molecule has 0 saturated carbocycles. The van der Waals surface area contributed by atoms with Crippen LogP contribution in [0.25, 0.3) is 6.08 Å². The summed E-state index contributed by atoms with van der Waals surface area (Å²) in [6.07, 6.45) is 5.45. The highest BCUT2D eigenvalue weighted by molar-refractivity contribution is 8.26. The van der Waals surface area contributed by atoms with E-state index < -0.39 is 0 Å². The second-order valence-corrected chi connectivity index (χ2v) is 7.65. The van der Waals surface area contributed by atoms with Crippen molar-refractivity contribution in [2.24, 2.45) is 0 Å². The largest absolute Gasteiger partial charge is 0.325 e. The minimum atomic E-state index is -0.280. The molecule has 136 valence electrons. The Labute approximate surface area is 168 Å². The van der Waals surface area contributed by atoms with Crippen molar-refractivity contribution in [2.75, 3.05) is 11.9 Å². The second-order valence-electron chi connectivity index (χ2n) is 5.98. The lowest BCUT2D eigenvalue weighted by atomic mass is 10.2. The monoisotopic (exact) mass is 394 g/mol. The van der Waals surface area contributed by atoms with Crippen LogP contribution in [0.5, 0.6) is 0 Å². The zero-order valence-corrected chi connectivity index (χ0v) is 16.3. The molecule has 1 N–H and O–H groups in total. The van der Waals surface area contributed by atoms with Gasteiger partial charge in [-0.15, -0.1) is 0 Å². The number of rotatable bonds is 5. The molecule has 2 amide bonds. The van der Waals surface area contributed by atoms with Gasteiger partial charge in [0.2, 0.25) is 5.91 Å². The first kappa shape index (κ1) is 19.1. The molecule has 0 unspecified atom stereocenters. The van der Waals surface area contributed by atoms with E-state index >= 15 is 0 Å². The zero-order chi connectivity index (χ0) is 19.2. The van der Waals surface area contributed by atoms with Crippen LogP contribution in [-0.2, 0) is 9.59 Å². The molecule has 1 heterocycles. The number of carbonyl (C=O) groups excluding carboxylic acids is 2. The fourth-order valence-electron chi connectivity index (χ4n) is 2.53. The van der Waals surface area contributed by atoms with Crippen LogP contribution < -0.4 is 5.32 Å². The van der Waals surface area contributed by atoms with Crippen LogP contribution in [0.15, 0.2) is 71.7 Å². The SMILES string of the molecule is Cc1cccc(NC(=O)CN2C(=O)/C(=C/C=C/c3ccccc3)SC2=S)c1. The molecule has 6 heteroatoms. The number of nitrogens with zero attached hydrogens (tertiary/aromatic N) is 1. The van der Waals surface area contributed by atoms with Crippen molar-refractivity contribution >= 4 is 51.9 Å². The maximum atomic E-state index is 12.5. The Hall–Kier alpha value is -2.70. The van der Waals surface area contributed by atoms with Crippen LogP contribution in [0.1, 0.15) is 11.1 Å². The van der Waals surface area contributed by atoms with Gasteiger partial charge in [-0.25, -0.2) is 0 Å². The number of thioether (sulfide) groups is 1. The van der Waals surface area contributed by atoms with Gasteiger partial charge in [-0.2, -0.15) is 0 Å². The number of benzene rings is 2. The Kier molecular flexibility index (Phi) is 6.21. The lowest BCUT2D eigenvalue weighted by Crippen LogP contribution is -2.36. The van der Waals surface area contributed by atoms with E-state index in [0.29, 0.717) is 14.9 Å². The molecular formula is C21H18N2O2S2. The molecule has 2 aromatic rings. The summed E-state index contributed by atoms with van der Waals surface area (Å²) in [4.78, 5) is 26.6. The number of hydrogen-bond acceptors (Lipinski definition) is 4. The Morgan fingerprint density at radius 2 is 1.96 bits per heavy atom. The third kappa shape index (κ3) is 5.15. The van der Waals surface area contributed by atoms with Crippen molar-refractivity contribution in [3.05, 3.63) is 82.8 Å². The first-order valence-electron chi connectivity index (χ1n) is 8.36. The number of carbonyl (C=O) groups is 2. The molecule has 1 fully saturated rings. The van der Waals surface area contributed by atoms with Gasteiger partial charge in [0.05, 0.1) is 4.91 Å². The number of hydrogen-bond donors (Lipinski definition) is 1. The third-order valence-corrected chi connectivity index (χ3v) is 5.21. The molecule has 1 aliphatic heterocycles. The van der Waals surface area contributed by atoms with E-state index in [2.05, 4.69) is 5.32 Å². The maximum absolute atomic E-state index is 12.5. The minimum absolute atomic E-state index is 0.0989. The predicted molar refractivity (Wildman–Crippen MR) is 115 cm³/mol. The lowest BCUT2D eigenvalue weighted by molar-refractivity contribution is -0.126. The van der Waals surface area contributed by atoms with Gasteiger partial charge in [-0.05, 0) is 36.3 Å². The normalized spacial score (nSPS) is 15.7. The highest BCUT2D eigenvalue weighted by Crippen LogP contribution is 2.30. The third-order valence-electron chi connectivity index (χ3n) is 3.81. The van der Waals surface area contributed by atoms with Crippen LogP contribution in [0.3, 0.4) is 0 Å². The molecule has 0 aliphatic carbocycles. The summed E-state index contributed by atoms with van der Waals surface area (Å²) in [7, 11) is 0. The Bertz CT molecular complexity index is 936. The molecule has 0 radical (unpaired) electrons. The number of thiocarbonyl (C=S) groups is 1. The summed E-state index contributed by atoms with van der Waals surface area (Å²) in [6.45, 7) is 1.85. The van der Waals surface area contributed by atoms with E-state index in [1.54, 1.807) is 6.08 Å². The van der Waals surface area contributed by atoms with Gasteiger partial charge in [0.25, 0.3) is 5.91 Å². The number of allylic oxidation sites excluding steroid dienone is 2. The van der Waals surface area contributed by atoms with Crippen LogP contribution in [0, 0.1) is 6.92 Å². The average Bonchev–Trinajstić information content (AvgIpc) is 2.90. The quantitative estimate of drug-likeness (QED) is 0.604. The van der Waals surface area contributed by atoms with Crippen molar-refractivity contribution in [3.8, 4) is 0 Å². The predicted octanol–water partition coefficient (Wildman–Crippen LogP) is 4.39. The van der Waals surface area contributed by atoms with E-state index in [9.17, 15) is 9.59 Å². The van der Waals surface area contributed by atoms with Gasteiger partial charge in [0.1, 0.15) is 10.9 Å². The van der Waals surface area contributed by atoms with Crippen molar-refractivity contribution in [1.29, 1.82) is 0 Å². The standard InChI is InChI=1S/C21H18N2O2S2/c1-15-7-5-11-17(13-15)22-19(24)14-23-20(25)18(27-21(23)26)12-6-10-16-8-3-2-4-9-16/h2-13H,14H2,1H3,(H,22,24)/b10-6+,18-12-. The highest BCUT2D eigenvalue weighted by Gasteiger charge is 2.32. The van der Waals surface area contributed by atoms with Crippen LogP contribution in [0.2, 0.25) is 0 Å². The van der Waals surface area contributed by atoms with Crippen LogP contribution >= 0.6 is 24.0 Å². The molecule has 0 aromatic heterocycles. The molecule has 0 spiro atoms. The number of amides is 2. The molecule has 0 atom stereocenters. The maximum Gasteiger partial charge on any atom is 0.266 e. The number of aryl methyl sites for hydroxylation is 1. The lowest BCUT2D eigenvalue weighted by Gasteiger charge is -2.14. The fraction of sp³-hybridized carbons (Fsp3) is 0.0952. The minimum Gasteiger partial charge on any atom is -0.325 e. The van der Waals surface area contributed by atoms with Crippen LogP contribution in [0.4, 0.5) is 5.69 Å². The highest BCUT2D eigenvalue weighted by atomic mass is 32.2. The van der Waals surface area contributed by atoms with Gasteiger partial charge < -0.3 is 5.32 Å². The zero-order valence-electron chi connectivity index (χ0n) is 14.7. The van der Waals surface area contributed by atoms with Gasteiger partial charge in [-0.1, -0.05) is 78.6 Å². The molecule has 27 heavy (non-hydrogen) atoms. The molecular weight excluding hydrogens is 376 g/mol. The first-order chi connectivity index (χ1) is 13.0. The van der Waals surface area contributed by atoms with E-state index in [1.165, 1.54) is 16.7 Å². The Morgan fingerprint density at radius 3 is 2.70 bits per heavy atom. The average molecular weight is 395 g/mol. The van der Waals surface area contributed by atoms with E-state index in [1.807, 2.05) is 73.7 Å². The molecule has 1 aliphatic rings. The summed E-state index contributed by atoms with van der Waals surface area (Å²) >= 11 is 6.47.